The van der Waals surface area contributed by atoms with Gasteiger partial charge >= 0.3 is 0 Å². The minimum absolute atomic E-state index is 0.489. The van der Waals surface area contributed by atoms with Crippen molar-refractivity contribution in [1.29, 1.82) is 0 Å². The lowest BCUT2D eigenvalue weighted by molar-refractivity contribution is 0.461. The van der Waals surface area contributed by atoms with Gasteiger partial charge in [-0.1, -0.05) is 39.5 Å². The summed E-state index contributed by atoms with van der Waals surface area (Å²) >= 11 is 0. The fourth-order valence-electron chi connectivity index (χ4n) is 2.92. The molecule has 2 rings (SSSR count). The van der Waals surface area contributed by atoms with Crippen LogP contribution in [0.4, 0.5) is 0 Å². The monoisotopic (exact) mass is 250 g/mol. The van der Waals surface area contributed by atoms with Gasteiger partial charge in [-0.15, -0.1) is 10.2 Å². The molecule has 18 heavy (non-hydrogen) atoms. The van der Waals surface area contributed by atoms with E-state index >= 15 is 0 Å². The molecule has 1 heterocycles. The van der Waals surface area contributed by atoms with E-state index in [0.29, 0.717) is 12.5 Å². The Hall–Kier alpha value is -0.900. The van der Waals surface area contributed by atoms with Crippen molar-refractivity contribution in [2.45, 2.75) is 65.5 Å². The zero-order valence-corrected chi connectivity index (χ0v) is 11.7. The molecular weight excluding hydrogens is 224 g/mol. The van der Waals surface area contributed by atoms with Crippen molar-refractivity contribution in [3.8, 4) is 0 Å². The summed E-state index contributed by atoms with van der Waals surface area (Å²) < 4.78 is 2.24. The van der Waals surface area contributed by atoms with Crippen LogP contribution in [-0.2, 0) is 19.5 Å². The topological polar surface area (TPSA) is 56.7 Å². The Morgan fingerprint density at radius 3 is 2.50 bits per heavy atom. The van der Waals surface area contributed by atoms with E-state index in [-0.39, 0.29) is 0 Å². The lowest BCUT2D eigenvalue weighted by Gasteiger charge is -2.13. The minimum Gasteiger partial charge on any atom is -0.324 e. The molecule has 0 spiro atoms. The summed E-state index contributed by atoms with van der Waals surface area (Å²) in [5.74, 6) is 3.59. The second-order valence-electron chi connectivity index (χ2n) is 5.93. The molecule has 0 aromatic carbocycles. The fraction of sp³-hybridized carbons (Fsp3) is 0.857. The van der Waals surface area contributed by atoms with Gasteiger partial charge in [-0.05, 0) is 18.3 Å². The number of nitrogens with zero attached hydrogens (tertiary/aromatic N) is 3. The summed E-state index contributed by atoms with van der Waals surface area (Å²) in [6, 6.07) is 0. The third kappa shape index (κ3) is 3.31. The Labute approximate surface area is 110 Å². The first-order valence-electron chi connectivity index (χ1n) is 7.31. The van der Waals surface area contributed by atoms with E-state index in [1.54, 1.807) is 0 Å². The van der Waals surface area contributed by atoms with Crippen molar-refractivity contribution >= 4 is 0 Å². The van der Waals surface area contributed by atoms with Crippen LogP contribution in [-0.4, -0.2) is 14.8 Å². The van der Waals surface area contributed by atoms with Gasteiger partial charge in [0.05, 0.1) is 6.54 Å². The molecule has 0 bridgehead atoms. The van der Waals surface area contributed by atoms with Crippen molar-refractivity contribution in [3.63, 3.8) is 0 Å². The van der Waals surface area contributed by atoms with Gasteiger partial charge in [0.2, 0.25) is 0 Å². The highest BCUT2D eigenvalue weighted by Crippen LogP contribution is 2.28. The second-order valence-corrected chi connectivity index (χ2v) is 5.93. The molecule has 0 aliphatic heterocycles. The van der Waals surface area contributed by atoms with Crippen LogP contribution in [0.25, 0.3) is 0 Å². The largest absolute Gasteiger partial charge is 0.324 e. The first kappa shape index (κ1) is 13.5. The van der Waals surface area contributed by atoms with E-state index in [9.17, 15) is 0 Å². The molecule has 0 atom stereocenters. The molecule has 1 aromatic heterocycles. The van der Waals surface area contributed by atoms with E-state index < -0.39 is 0 Å². The Morgan fingerprint density at radius 1 is 1.22 bits per heavy atom. The number of nitrogens with two attached hydrogens (primary N) is 1. The molecule has 0 saturated heterocycles. The Bertz CT molecular complexity index is 364. The van der Waals surface area contributed by atoms with Crippen LogP contribution in [0.1, 0.15) is 57.6 Å². The van der Waals surface area contributed by atoms with Gasteiger partial charge in [-0.3, -0.25) is 0 Å². The predicted octanol–water partition coefficient (Wildman–Crippen LogP) is 2.52. The summed E-state index contributed by atoms with van der Waals surface area (Å²) in [4.78, 5) is 0. The van der Waals surface area contributed by atoms with E-state index in [1.165, 1.54) is 32.1 Å². The lowest BCUT2D eigenvalue weighted by atomic mass is 10.0. The standard InChI is InChI=1S/C14H26N4/c1-11(2)10-18-13(16-17-14(18)9-15)8-7-12-5-3-4-6-12/h11-12H,3-10,15H2,1-2H3. The zero-order valence-electron chi connectivity index (χ0n) is 11.7. The highest BCUT2D eigenvalue weighted by molar-refractivity contribution is 4.96. The van der Waals surface area contributed by atoms with Crippen molar-refractivity contribution in [3.05, 3.63) is 11.6 Å². The SMILES string of the molecule is CC(C)Cn1c(CN)nnc1CCC1CCCC1. The van der Waals surface area contributed by atoms with Crippen molar-refractivity contribution < 1.29 is 0 Å². The normalized spacial score (nSPS) is 16.9. The maximum absolute atomic E-state index is 5.73. The van der Waals surface area contributed by atoms with Gasteiger partial charge < -0.3 is 10.3 Å². The number of hydrogen-bond acceptors (Lipinski definition) is 3. The molecule has 1 fully saturated rings. The average molecular weight is 250 g/mol. The van der Waals surface area contributed by atoms with Crippen molar-refractivity contribution in [2.24, 2.45) is 17.6 Å². The van der Waals surface area contributed by atoms with Gasteiger partial charge in [-0.2, -0.15) is 0 Å². The summed E-state index contributed by atoms with van der Waals surface area (Å²) in [7, 11) is 0. The molecule has 4 heteroatoms. The number of aromatic nitrogens is 3. The van der Waals surface area contributed by atoms with E-state index in [1.807, 2.05) is 0 Å². The first-order valence-corrected chi connectivity index (χ1v) is 7.31. The zero-order chi connectivity index (χ0) is 13.0. The van der Waals surface area contributed by atoms with Gasteiger partial charge in [0, 0.05) is 13.0 Å². The van der Waals surface area contributed by atoms with Gasteiger partial charge in [0.15, 0.2) is 0 Å². The smallest absolute Gasteiger partial charge is 0.146 e. The molecule has 1 aliphatic carbocycles. The van der Waals surface area contributed by atoms with E-state index in [2.05, 4.69) is 28.6 Å². The second kappa shape index (κ2) is 6.32. The van der Waals surface area contributed by atoms with Gasteiger partial charge in [0.1, 0.15) is 11.6 Å². The molecule has 0 amide bonds. The Kier molecular flexibility index (Phi) is 4.75. The van der Waals surface area contributed by atoms with Crippen molar-refractivity contribution in [1.82, 2.24) is 14.8 Å². The molecule has 0 radical (unpaired) electrons. The Morgan fingerprint density at radius 2 is 1.89 bits per heavy atom. The number of hydrogen-bond donors (Lipinski definition) is 1. The van der Waals surface area contributed by atoms with E-state index in [0.717, 1.165) is 30.5 Å². The third-order valence-corrected chi connectivity index (χ3v) is 3.89. The minimum atomic E-state index is 0.489. The lowest BCUT2D eigenvalue weighted by Crippen LogP contribution is -2.15. The summed E-state index contributed by atoms with van der Waals surface area (Å²) in [6.45, 7) is 5.92. The molecule has 4 nitrogen and oxygen atoms in total. The van der Waals surface area contributed by atoms with Gasteiger partial charge in [0.25, 0.3) is 0 Å². The van der Waals surface area contributed by atoms with Gasteiger partial charge in [-0.25, -0.2) is 0 Å². The fourth-order valence-corrected chi connectivity index (χ4v) is 2.92. The molecule has 2 N–H and O–H groups in total. The molecule has 1 saturated carbocycles. The summed E-state index contributed by atoms with van der Waals surface area (Å²) in [5, 5.41) is 8.55. The maximum atomic E-state index is 5.73. The number of aryl methyl sites for hydroxylation is 1. The quantitative estimate of drug-likeness (QED) is 0.844. The van der Waals surface area contributed by atoms with Crippen LogP contribution >= 0.6 is 0 Å². The van der Waals surface area contributed by atoms with Crippen LogP contribution in [0.3, 0.4) is 0 Å². The predicted molar refractivity (Wildman–Crippen MR) is 73.0 cm³/mol. The van der Waals surface area contributed by atoms with E-state index in [4.69, 9.17) is 5.73 Å². The highest BCUT2D eigenvalue weighted by atomic mass is 15.3. The van der Waals surface area contributed by atoms with Crippen molar-refractivity contribution in [2.75, 3.05) is 0 Å². The molecule has 0 unspecified atom stereocenters. The Balaban J connectivity index is 1.99. The summed E-state index contributed by atoms with van der Waals surface area (Å²) in [5.41, 5.74) is 5.73. The summed E-state index contributed by atoms with van der Waals surface area (Å²) in [6.07, 6.45) is 7.96. The maximum Gasteiger partial charge on any atom is 0.146 e. The van der Waals surface area contributed by atoms with Crippen LogP contribution in [0.15, 0.2) is 0 Å². The van der Waals surface area contributed by atoms with Crippen LogP contribution in [0.5, 0.6) is 0 Å². The molecule has 1 aliphatic rings. The first-order chi connectivity index (χ1) is 8.70. The molecular formula is C14H26N4. The van der Waals surface area contributed by atoms with Crippen LogP contribution in [0, 0.1) is 11.8 Å². The molecule has 102 valence electrons. The number of rotatable bonds is 6. The highest BCUT2D eigenvalue weighted by Gasteiger charge is 2.17. The van der Waals surface area contributed by atoms with Crippen LogP contribution in [0.2, 0.25) is 0 Å². The molecule has 1 aromatic rings. The average Bonchev–Trinajstić information content (AvgIpc) is 2.95. The third-order valence-electron chi connectivity index (χ3n) is 3.89. The van der Waals surface area contributed by atoms with Crippen LogP contribution < -0.4 is 5.73 Å².